The van der Waals surface area contributed by atoms with Crippen LogP contribution in [-0.2, 0) is 0 Å². The number of hydrogen-bond donors (Lipinski definition) is 1. The molecular weight excluding hydrogens is 514 g/mol. The highest BCUT2D eigenvalue weighted by Crippen LogP contribution is 2.44. The molecule has 0 spiro atoms. The minimum Gasteiger partial charge on any atom is -0.462 e. The second-order valence-electron chi connectivity index (χ2n) is 10.0. The molecule has 1 heterocycles. The topological polar surface area (TPSA) is 31.6 Å². The van der Waals surface area contributed by atoms with Crippen molar-refractivity contribution in [2.45, 2.75) is 0 Å². The first-order valence-corrected chi connectivity index (χ1v) is 14.0. The van der Waals surface area contributed by atoms with Crippen LogP contribution in [0.1, 0.15) is 0 Å². The van der Waals surface area contributed by atoms with Gasteiger partial charge in [0.25, 0.3) is 0 Å². The molecule has 42 heavy (non-hydrogen) atoms. The van der Waals surface area contributed by atoms with Crippen LogP contribution in [0.25, 0.3) is 11.0 Å². The Bertz CT molecular complexity index is 1860. The van der Waals surface area contributed by atoms with E-state index in [9.17, 15) is 0 Å². The van der Waals surface area contributed by atoms with Crippen molar-refractivity contribution >= 4 is 56.5 Å². The van der Waals surface area contributed by atoms with Gasteiger partial charge in [0.2, 0.25) is 0 Å². The Balaban J connectivity index is 1.47. The van der Waals surface area contributed by atoms with Gasteiger partial charge in [-0.15, -0.1) is 0 Å². The average Bonchev–Trinajstić information content (AvgIpc) is 3.47. The number of nitrogens with one attached hydrogen (secondary N) is 1. The Morgan fingerprint density at radius 3 is 1.48 bits per heavy atom. The lowest BCUT2D eigenvalue weighted by Crippen LogP contribution is -2.13. The number of fused-ring (bicyclic) bond motifs is 1. The number of para-hydroxylation sites is 5. The van der Waals surface area contributed by atoms with Crippen LogP contribution in [0.5, 0.6) is 0 Å². The average molecular weight is 544 g/mol. The van der Waals surface area contributed by atoms with Crippen LogP contribution in [0.3, 0.4) is 0 Å². The van der Waals surface area contributed by atoms with Crippen LogP contribution in [-0.4, -0.2) is 0 Å². The Labute approximate surface area is 245 Å². The van der Waals surface area contributed by atoms with E-state index in [1.54, 1.807) is 0 Å². The molecule has 1 N–H and O–H groups in total. The molecule has 7 rings (SSSR count). The molecule has 7 aromatic rings. The number of hydrogen-bond acceptors (Lipinski definition) is 4. The highest BCUT2D eigenvalue weighted by molar-refractivity contribution is 5.97. The lowest BCUT2D eigenvalue weighted by molar-refractivity contribution is 0.616. The lowest BCUT2D eigenvalue weighted by atomic mass is 10.1. The fourth-order valence-corrected chi connectivity index (χ4v) is 5.36. The highest BCUT2D eigenvalue weighted by atomic mass is 16.3. The maximum absolute atomic E-state index is 6.05. The molecule has 0 radical (unpaired) electrons. The second kappa shape index (κ2) is 11.4. The van der Waals surface area contributed by atoms with Crippen LogP contribution in [0.2, 0.25) is 0 Å². The zero-order chi connectivity index (χ0) is 28.1. The van der Waals surface area contributed by atoms with Crippen LogP contribution >= 0.6 is 0 Å². The van der Waals surface area contributed by atoms with Crippen molar-refractivity contribution in [3.8, 4) is 0 Å². The molecule has 1 aromatic heterocycles. The second-order valence-corrected chi connectivity index (χ2v) is 10.0. The summed E-state index contributed by atoms with van der Waals surface area (Å²) in [4.78, 5) is 4.55. The predicted molar refractivity (Wildman–Crippen MR) is 175 cm³/mol. The van der Waals surface area contributed by atoms with Crippen molar-refractivity contribution in [2.24, 2.45) is 0 Å². The van der Waals surface area contributed by atoms with Gasteiger partial charge in [0.1, 0.15) is 11.8 Å². The van der Waals surface area contributed by atoms with Crippen LogP contribution < -0.4 is 15.1 Å². The molecule has 0 aliphatic carbocycles. The first-order chi connectivity index (χ1) is 20.8. The number of furan rings is 1. The van der Waals surface area contributed by atoms with E-state index in [0.29, 0.717) is 0 Å². The first kappa shape index (κ1) is 25.2. The van der Waals surface area contributed by atoms with E-state index in [0.717, 1.165) is 56.5 Å². The fourth-order valence-electron chi connectivity index (χ4n) is 5.36. The minimum absolute atomic E-state index is 0.849. The number of nitrogens with zero attached hydrogens (tertiary/aromatic N) is 2. The maximum atomic E-state index is 6.05. The summed E-state index contributed by atoms with van der Waals surface area (Å²) in [5.41, 5.74) is 9.03. The smallest absolute Gasteiger partial charge is 0.136 e. The van der Waals surface area contributed by atoms with Gasteiger partial charge in [-0.2, -0.15) is 0 Å². The molecule has 0 saturated carbocycles. The molecule has 0 saturated heterocycles. The summed E-state index contributed by atoms with van der Waals surface area (Å²) in [6, 6.07) is 56.5. The molecule has 4 nitrogen and oxygen atoms in total. The van der Waals surface area contributed by atoms with E-state index >= 15 is 0 Å². The van der Waals surface area contributed by atoms with E-state index in [1.165, 1.54) is 0 Å². The van der Waals surface area contributed by atoms with Crippen LogP contribution in [0.4, 0.5) is 45.5 Å². The molecule has 202 valence electrons. The van der Waals surface area contributed by atoms with Gasteiger partial charge in [0.15, 0.2) is 0 Å². The quantitative estimate of drug-likeness (QED) is 0.207. The van der Waals surface area contributed by atoms with E-state index in [-0.39, 0.29) is 0 Å². The van der Waals surface area contributed by atoms with Gasteiger partial charge in [-0.25, -0.2) is 0 Å². The summed E-state index contributed by atoms with van der Waals surface area (Å²) in [5.74, 6) is 0. The summed E-state index contributed by atoms with van der Waals surface area (Å²) >= 11 is 0. The SMILES string of the molecule is c1ccc(Nc2cc(N(c3ccccc3)c3ccccc3)cc(N(c3ccccc3)c3coc4ccccc34)c2)cc1. The maximum Gasteiger partial charge on any atom is 0.136 e. The van der Waals surface area contributed by atoms with Crippen LogP contribution in [0, 0.1) is 0 Å². The number of anilines is 8. The van der Waals surface area contributed by atoms with Crippen molar-refractivity contribution < 1.29 is 4.42 Å². The molecular formula is C38H29N3O. The zero-order valence-corrected chi connectivity index (χ0v) is 23.0. The standard InChI is InChI=1S/C38H29N3O/c1-5-15-29(16-6-1)39-30-25-34(40(31-17-7-2-8-18-31)32-19-9-3-10-20-32)27-35(26-30)41(33-21-11-4-12-22-33)37-28-42-38-24-14-13-23-36(37)38/h1-28,39H. The van der Waals surface area contributed by atoms with E-state index in [2.05, 4.69) is 130 Å². The van der Waals surface area contributed by atoms with Gasteiger partial charge in [-0.1, -0.05) is 84.9 Å². The first-order valence-electron chi connectivity index (χ1n) is 14.0. The van der Waals surface area contributed by atoms with Gasteiger partial charge < -0.3 is 19.5 Å². The molecule has 0 unspecified atom stereocenters. The molecule has 0 amide bonds. The Morgan fingerprint density at radius 1 is 0.405 bits per heavy atom. The molecule has 0 aliphatic rings. The van der Waals surface area contributed by atoms with Crippen molar-refractivity contribution in [2.75, 3.05) is 15.1 Å². The highest BCUT2D eigenvalue weighted by Gasteiger charge is 2.21. The molecule has 0 aliphatic heterocycles. The molecule has 6 aromatic carbocycles. The van der Waals surface area contributed by atoms with Crippen molar-refractivity contribution in [3.05, 3.63) is 170 Å². The molecule has 0 atom stereocenters. The van der Waals surface area contributed by atoms with Crippen molar-refractivity contribution in [1.29, 1.82) is 0 Å². The monoisotopic (exact) mass is 543 g/mol. The Morgan fingerprint density at radius 2 is 0.881 bits per heavy atom. The van der Waals surface area contributed by atoms with Crippen molar-refractivity contribution in [1.82, 2.24) is 0 Å². The van der Waals surface area contributed by atoms with Crippen LogP contribution in [0.15, 0.2) is 174 Å². The predicted octanol–water partition coefficient (Wildman–Crippen LogP) is 11.1. The summed E-state index contributed by atoms with van der Waals surface area (Å²) < 4.78 is 6.05. The molecule has 0 bridgehead atoms. The Hall–Kier alpha value is -5.74. The summed E-state index contributed by atoms with van der Waals surface area (Å²) in [6.07, 6.45) is 1.85. The van der Waals surface area contributed by atoms with E-state index < -0.39 is 0 Å². The lowest BCUT2D eigenvalue weighted by Gasteiger charge is -2.30. The van der Waals surface area contributed by atoms with Gasteiger partial charge in [0.05, 0.1) is 17.1 Å². The summed E-state index contributed by atoms with van der Waals surface area (Å²) in [5, 5.41) is 4.70. The van der Waals surface area contributed by atoms with E-state index in [1.807, 2.05) is 54.8 Å². The van der Waals surface area contributed by atoms with Gasteiger partial charge >= 0.3 is 0 Å². The third-order valence-corrected chi connectivity index (χ3v) is 7.23. The number of benzene rings is 6. The third kappa shape index (κ3) is 5.09. The van der Waals surface area contributed by atoms with Gasteiger partial charge in [-0.3, -0.25) is 0 Å². The molecule has 4 heteroatoms. The van der Waals surface area contributed by atoms with Gasteiger partial charge in [0, 0.05) is 33.8 Å². The zero-order valence-electron chi connectivity index (χ0n) is 23.0. The Kier molecular flexibility index (Phi) is 6.85. The molecule has 0 fully saturated rings. The van der Waals surface area contributed by atoms with E-state index in [4.69, 9.17) is 4.42 Å². The number of rotatable bonds is 8. The summed E-state index contributed by atoms with van der Waals surface area (Å²) in [6.45, 7) is 0. The third-order valence-electron chi connectivity index (χ3n) is 7.23. The normalized spacial score (nSPS) is 10.9. The van der Waals surface area contributed by atoms with Gasteiger partial charge in [-0.05, 0) is 78.9 Å². The fraction of sp³-hybridized carbons (Fsp3) is 0. The minimum atomic E-state index is 0.849. The largest absolute Gasteiger partial charge is 0.462 e. The summed E-state index contributed by atoms with van der Waals surface area (Å²) in [7, 11) is 0. The van der Waals surface area contributed by atoms with Crippen molar-refractivity contribution in [3.63, 3.8) is 0 Å².